The molecule has 2 N–H and O–H groups in total. The lowest BCUT2D eigenvalue weighted by Crippen LogP contribution is -2.51. The number of rotatable bonds is 6. The average Bonchev–Trinajstić information content (AvgIpc) is 3.37. The van der Waals surface area contributed by atoms with E-state index < -0.39 is 28.5 Å². The van der Waals surface area contributed by atoms with Crippen molar-refractivity contribution in [3.8, 4) is 23.0 Å². The van der Waals surface area contributed by atoms with E-state index in [9.17, 15) is 18.3 Å². The summed E-state index contributed by atoms with van der Waals surface area (Å²) in [5.41, 5.74) is -0.914. The van der Waals surface area contributed by atoms with Crippen LogP contribution in [0.15, 0.2) is 30.5 Å². The molecular formula is C35H36F4N6O2. The van der Waals surface area contributed by atoms with E-state index in [0.717, 1.165) is 32.2 Å². The predicted octanol–water partition coefficient (Wildman–Crippen LogP) is 5.97. The number of aromatic nitrogens is 3. The van der Waals surface area contributed by atoms with Crippen molar-refractivity contribution >= 4 is 27.5 Å². The summed E-state index contributed by atoms with van der Waals surface area (Å²) >= 11 is 0. The first-order valence-corrected chi connectivity index (χ1v) is 16.7. The number of pyridine rings is 1. The average molecular weight is 649 g/mol. The molecule has 1 spiro atoms. The lowest BCUT2D eigenvalue weighted by atomic mass is 9.89. The molecule has 12 heteroatoms. The monoisotopic (exact) mass is 648 g/mol. The van der Waals surface area contributed by atoms with Crippen LogP contribution in [-0.4, -0.2) is 81.3 Å². The SMILES string of the molecule is CCc1c(F)ccc2cc(O)cc(-c3ncc4c(N5C[C@H]6CC[C@@H](C5)N6)nc(OC[C@@]56CCCN5C[C@]5(CC5(F)F)C6)nc4c3F)c12. The summed E-state index contributed by atoms with van der Waals surface area (Å²) in [6.45, 7) is 4.42. The number of ether oxygens (including phenoxy) is 1. The standard InChI is InChI=1S/C35H36F4N6O2/c1-2-23-26(36)7-4-19-10-22(46)11-24(27(19)23)29-28(37)30-25(12-40-29)31(44-13-20-5-6-21(14-44)41-20)43-32(42-30)47-18-34-8-3-9-45(34)17-33(15-34)16-35(33,38)39/h4,7,10-12,20-21,41,46H,2-3,5-6,8-9,13-18H2,1H3/t20-,21+,33-,34+/m1/s1. The molecule has 0 radical (unpaired) electrons. The van der Waals surface area contributed by atoms with Crippen LogP contribution in [0, 0.1) is 17.0 Å². The molecule has 0 amide bonds. The lowest BCUT2D eigenvalue weighted by molar-refractivity contribution is 0.0647. The van der Waals surface area contributed by atoms with Gasteiger partial charge in [0.25, 0.3) is 5.92 Å². The Labute approximate surface area is 269 Å². The molecule has 4 aliphatic heterocycles. The van der Waals surface area contributed by atoms with E-state index >= 15 is 4.39 Å². The van der Waals surface area contributed by atoms with Gasteiger partial charge in [0.05, 0.1) is 16.3 Å². The van der Waals surface area contributed by atoms with E-state index in [0.29, 0.717) is 60.0 Å². The van der Waals surface area contributed by atoms with E-state index in [1.54, 1.807) is 12.3 Å². The number of benzene rings is 2. The first-order valence-electron chi connectivity index (χ1n) is 16.7. The van der Waals surface area contributed by atoms with Crippen LogP contribution in [-0.2, 0) is 6.42 Å². The van der Waals surface area contributed by atoms with Crippen LogP contribution in [0.4, 0.5) is 23.4 Å². The van der Waals surface area contributed by atoms with Gasteiger partial charge >= 0.3 is 6.01 Å². The Morgan fingerprint density at radius 2 is 1.87 bits per heavy atom. The summed E-state index contributed by atoms with van der Waals surface area (Å²) in [4.78, 5) is 18.2. The highest BCUT2D eigenvalue weighted by atomic mass is 19.3. The van der Waals surface area contributed by atoms with Crippen LogP contribution in [0.3, 0.4) is 0 Å². The maximum absolute atomic E-state index is 16.9. The van der Waals surface area contributed by atoms with Gasteiger partial charge in [0.2, 0.25) is 0 Å². The van der Waals surface area contributed by atoms with Gasteiger partial charge in [0, 0.05) is 49.9 Å². The largest absolute Gasteiger partial charge is 0.508 e. The van der Waals surface area contributed by atoms with Gasteiger partial charge in [-0.3, -0.25) is 9.88 Å². The van der Waals surface area contributed by atoms with Gasteiger partial charge in [-0.15, -0.1) is 0 Å². The number of aromatic hydroxyl groups is 1. The number of alkyl halides is 2. The fourth-order valence-electron chi connectivity index (χ4n) is 9.17. The quantitative estimate of drug-likeness (QED) is 0.248. The minimum Gasteiger partial charge on any atom is -0.508 e. The van der Waals surface area contributed by atoms with E-state index in [-0.39, 0.29) is 53.6 Å². The van der Waals surface area contributed by atoms with Crippen molar-refractivity contribution in [3.05, 3.63) is 47.7 Å². The molecular weight excluding hydrogens is 612 g/mol. The summed E-state index contributed by atoms with van der Waals surface area (Å²) in [5, 5.41) is 15.7. The zero-order valence-corrected chi connectivity index (χ0v) is 26.1. The number of phenolic OH excluding ortho intramolecular Hbond substituents is 1. The van der Waals surface area contributed by atoms with E-state index in [2.05, 4.69) is 25.1 Å². The van der Waals surface area contributed by atoms with E-state index in [4.69, 9.17) is 9.72 Å². The normalized spacial score (nSPS) is 29.3. The maximum Gasteiger partial charge on any atom is 0.319 e. The minimum atomic E-state index is -2.65. The van der Waals surface area contributed by atoms with Gasteiger partial charge in [-0.25, -0.2) is 17.6 Å². The fourth-order valence-corrected chi connectivity index (χ4v) is 9.17. The zero-order chi connectivity index (χ0) is 32.3. The molecule has 4 atom stereocenters. The predicted molar refractivity (Wildman–Crippen MR) is 169 cm³/mol. The molecule has 1 aliphatic carbocycles. The van der Waals surface area contributed by atoms with Crippen molar-refractivity contribution in [1.82, 2.24) is 25.2 Å². The van der Waals surface area contributed by atoms with Crippen molar-refractivity contribution in [1.29, 1.82) is 0 Å². The number of hydrogen-bond acceptors (Lipinski definition) is 8. The van der Waals surface area contributed by atoms with Gasteiger partial charge in [-0.1, -0.05) is 13.0 Å². The Hall–Kier alpha value is -3.77. The smallest absolute Gasteiger partial charge is 0.319 e. The maximum atomic E-state index is 16.9. The molecule has 47 heavy (non-hydrogen) atoms. The second-order valence-corrected chi connectivity index (χ2v) is 14.4. The van der Waals surface area contributed by atoms with Crippen LogP contribution in [0.1, 0.15) is 51.0 Å². The summed E-state index contributed by atoms with van der Waals surface area (Å²) in [6, 6.07) is 6.39. The molecule has 8 nitrogen and oxygen atoms in total. The highest BCUT2D eigenvalue weighted by Crippen LogP contribution is 2.69. The van der Waals surface area contributed by atoms with Crippen molar-refractivity contribution in [2.45, 2.75) is 75.4 Å². The fraction of sp³-hybridized carbons (Fsp3) is 0.514. The van der Waals surface area contributed by atoms with E-state index in [1.165, 1.54) is 18.2 Å². The molecule has 2 aromatic carbocycles. The Balaban J connectivity index is 1.16. The summed E-state index contributed by atoms with van der Waals surface area (Å²) in [7, 11) is 0. The summed E-state index contributed by atoms with van der Waals surface area (Å²) < 4.78 is 67.1. The molecule has 4 aromatic rings. The van der Waals surface area contributed by atoms with Crippen LogP contribution in [0.2, 0.25) is 0 Å². The first-order chi connectivity index (χ1) is 22.6. The Morgan fingerprint density at radius 1 is 1.09 bits per heavy atom. The van der Waals surface area contributed by atoms with Crippen LogP contribution in [0.5, 0.6) is 11.8 Å². The highest BCUT2D eigenvalue weighted by molar-refractivity contribution is 6.01. The summed E-state index contributed by atoms with van der Waals surface area (Å²) in [5.74, 6) is -3.38. The molecule has 4 saturated heterocycles. The Morgan fingerprint density at radius 3 is 2.62 bits per heavy atom. The van der Waals surface area contributed by atoms with Crippen molar-refractivity contribution in [3.63, 3.8) is 0 Å². The zero-order valence-electron chi connectivity index (χ0n) is 26.1. The van der Waals surface area contributed by atoms with Gasteiger partial charge < -0.3 is 20.1 Å². The van der Waals surface area contributed by atoms with Gasteiger partial charge in [-0.05, 0) is 79.6 Å². The second kappa shape index (κ2) is 10.1. The third kappa shape index (κ3) is 4.43. The number of piperazine rings is 1. The van der Waals surface area contributed by atoms with Gasteiger partial charge in [-0.2, -0.15) is 9.97 Å². The number of phenols is 1. The first kappa shape index (κ1) is 29.4. The Bertz CT molecular complexity index is 1950. The molecule has 246 valence electrons. The number of anilines is 1. The molecule has 5 aliphatic rings. The lowest BCUT2D eigenvalue weighted by Gasteiger charge is -2.34. The van der Waals surface area contributed by atoms with Crippen LogP contribution in [0.25, 0.3) is 32.9 Å². The molecule has 0 unspecified atom stereocenters. The Kier molecular flexibility index (Phi) is 6.32. The van der Waals surface area contributed by atoms with Crippen LogP contribution >= 0.6 is 0 Å². The third-order valence-corrected chi connectivity index (χ3v) is 11.5. The van der Waals surface area contributed by atoms with Crippen LogP contribution < -0.4 is 15.0 Å². The number of nitrogens with zero attached hydrogens (tertiary/aromatic N) is 5. The molecule has 5 fully saturated rings. The number of aryl methyl sites for hydroxylation is 1. The highest BCUT2D eigenvalue weighted by Gasteiger charge is 2.77. The van der Waals surface area contributed by atoms with E-state index in [1.807, 2.05) is 6.92 Å². The number of nitrogens with one attached hydrogen (secondary N) is 1. The molecule has 2 aromatic heterocycles. The summed E-state index contributed by atoms with van der Waals surface area (Å²) in [6.07, 6.45) is 5.90. The van der Waals surface area contributed by atoms with Crippen molar-refractivity contribution < 1.29 is 27.4 Å². The topological polar surface area (TPSA) is 86.6 Å². The third-order valence-electron chi connectivity index (χ3n) is 11.5. The van der Waals surface area contributed by atoms with Gasteiger partial charge in [0.1, 0.15) is 35.2 Å². The van der Waals surface area contributed by atoms with Crippen molar-refractivity contribution in [2.75, 3.05) is 37.7 Å². The number of halogens is 4. The second-order valence-electron chi connectivity index (χ2n) is 14.4. The molecule has 9 rings (SSSR count). The molecule has 2 bridgehead atoms. The number of fused-ring (bicyclic) bond motifs is 5. The molecule has 1 saturated carbocycles. The van der Waals surface area contributed by atoms with Gasteiger partial charge in [0.15, 0.2) is 5.82 Å². The number of hydrogen-bond donors (Lipinski definition) is 2. The van der Waals surface area contributed by atoms with Crippen molar-refractivity contribution in [2.24, 2.45) is 5.41 Å². The minimum absolute atomic E-state index is 0.00391. The molecule has 6 heterocycles.